The third-order valence-corrected chi connectivity index (χ3v) is 21.4. The van der Waals surface area contributed by atoms with Crippen molar-refractivity contribution < 1.29 is 57.1 Å². The summed E-state index contributed by atoms with van der Waals surface area (Å²) in [7, 11) is 11.3. The van der Waals surface area contributed by atoms with Gasteiger partial charge in [0.15, 0.2) is 18.3 Å². The molecule has 0 radical (unpaired) electrons. The second-order valence-corrected chi connectivity index (χ2v) is 30.1. The van der Waals surface area contributed by atoms with E-state index in [2.05, 4.69) is 39.5 Å². The van der Waals surface area contributed by atoms with Gasteiger partial charge in [-0.05, 0) is 129 Å². The quantitative estimate of drug-likeness (QED) is 0.0620. The molecule has 4 N–H and O–H groups in total. The van der Waals surface area contributed by atoms with Gasteiger partial charge in [-0.25, -0.2) is 13.2 Å². The first kappa shape index (κ1) is 81.5. The average Bonchev–Trinajstić information content (AvgIpc) is 0.787. The Bertz CT molecular complexity index is 3970. The zero-order valence-electron chi connectivity index (χ0n) is 60.5. The molecule has 3 saturated heterocycles. The van der Waals surface area contributed by atoms with E-state index in [9.17, 15) is 53.6 Å². The average molecular weight is 1580 g/mol. The number of amides is 3. The molecule has 3 unspecified atom stereocenters. The lowest BCUT2D eigenvalue weighted by molar-refractivity contribution is -0.141. The highest BCUT2D eigenvalue weighted by Crippen LogP contribution is 2.45. The number of ether oxygens (including phenoxy) is 3. The summed E-state index contributed by atoms with van der Waals surface area (Å²) in [5.41, 5.74) is 5.67. The SMILES string of the molecule is CN(C)c1cc2c(cc1Cl)N(CCO)CC(C(=O)N1CCC(C#N)(Cc3ccc(F)cc3)CC1)O2.CN(C)c1cc2c(cc1Cl)N(CCO)CC(C(=O)N1CCC(C#N)(Cc3ccc(F)cc3)CC1)O2.CN(C)c1cc2c(cc1Cl)NCC(C(=O)N1CCC(C#N)(Cc3ccc(F)cc3)CC1)O2.OCCBr. The van der Waals surface area contributed by atoms with Crippen LogP contribution in [0.3, 0.4) is 0 Å². The van der Waals surface area contributed by atoms with Crippen LogP contribution in [0.2, 0.25) is 15.1 Å². The summed E-state index contributed by atoms with van der Waals surface area (Å²) < 4.78 is 58.1. The Labute approximate surface area is 641 Å². The molecule has 6 aromatic carbocycles. The van der Waals surface area contributed by atoms with Crippen LogP contribution in [0, 0.1) is 67.7 Å². The van der Waals surface area contributed by atoms with E-state index in [-0.39, 0.29) is 55.0 Å². The van der Waals surface area contributed by atoms with Crippen molar-refractivity contribution in [3.63, 3.8) is 0 Å². The second kappa shape index (κ2) is 36.8. The number of fused-ring (bicyclic) bond motifs is 3. The van der Waals surface area contributed by atoms with Crippen LogP contribution in [-0.2, 0) is 33.6 Å². The molecule has 6 aromatic rings. The van der Waals surface area contributed by atoms with E-state index in [4.69, 9.17) is 54.1 Å². The first-order valence-electron chi connectivity index (χ1n) is 35.2. The van der Waals surface area contributed by atoms with Crippen molar-refractivity contribution in [2.75, 3.05) is 169 Å². The Morgan fingerprint density at radius 3 is 1.08 bits per heavy atom. The molecule has 6 aliphatic rings. The molecule has 6 heterocycles. The molecular formula is C78H91BrCl3F3N12O9. The Hall–Kier alpha value is -8.58. The van der Waals surface area contributed by atoms with Crippen molar-refractivity contribution in [2.24, 2.45) is 16.2 Å². The largest absolute Gasteiger partial charge is 0.476 e. The lowest BCUT2D eigenvalue weighted by Crippen LogP contribution is -2.53. The summed E-state index contributed by atoms with van der Waals surface area (Å²) in [5.74, 6) is 0.463. The number of rotatable bonds is 17. The summed E-state index contributed by atoms with van der Waals surface area (Å²) >= 11 is 22.2. The van der Waals surface area contributed by atoms with E-state index in [1.54, 1.807) is 63.2 Å². The molecular weight excluding hydrogens is 1490 g/mol. The molecule has 0 spiro atoms. The van der Waals surface area contributed by atoms with Crippen molar-refractivity contribution in [3.05, 3.63) is 158 Å². The van der Waals surface area contributed by atoms with Gasteiger partial charge in [-0.3, -0.25) is 14.4 Å². The molecule has 12 rings (SSSR count). The van der Waals surface area contributed by atoms with Gasteiger partial charge in [-0.1, -0.05) is 87.1 Å². The van der Waals surface area contributed by atoms with Crippen molar-refractivity contribution in [1.29, 1.82) is 15.8 Å². The zero-order valence-corrected chi connectivity index (χ0v) is 64.3. The van der Waals surface area contributed by atoms with Crippen LogP contribution in [0.15, 0.2) is 109 Å². The molecule has 0 aromatic heterocycles. The number of aliphatic hydroxyl groups is 3. The maximum Gasteiger partial charge on any atom is 0.265 e. The fraction of sp³-hybridized carbons (Fsp3) is 0.462. The highest BCUT2D eigenvalue weighted by atomic mass is 79.9. The highest BCUT2D eigenvalue weighted by Gasteiger charge is 2.44. The summed E-state index contributed by atoms with van der Waals surface area (Å²) in [6, 6.07) is 37.0. The maximum absolute atomic E-state index is 13.4. The molecule has 3 amide bonds. The number of hydrogen-bond donors (Lipinski definition) is 4. The van der Waals surface area contributed by atoms with Crippen molar-refractivity contribution in [2.45, 2.75) is 76.1 Å². The smallest absolute Gasteiger partial charge is 0.265 e. The van der Waals surface area contributed by atoms with Crippen LogP contribution in [0.1, 0.15) is 55.2 Å². The van der Waals surface area contributed by atoms with Crippen LogP contribution in [0.4, 0.5) is 47.3 Å². The van der Waals surface area contributed by atoms with E-state index in [1.807, 2.05) is 91.1 Å². The fourth-order valence-corrected chi connectivity index (χ4v) is 15.0. The van der Waals surface area contributed by atoms with E-state index >= 15 is 0 Å². The van der Waals surface area contributed by atoms with Crippen LogP contribution < -0.4 is 44.0 Å². The number of anilines is 6. The predicted octanol–water partition coefficient (Wildman–Crippen LogP) is 11.4. The number of nitrogens with zero attached hydrogens (tertiary/aromatic N) is 11. The van der Waals surface area contributed by atoms with E-state index in [0.717, 1.165) is 50.8 Å². The van der Waals surface area contributed by atoms with Gasteiger partial charge >= 0.3 is 0 Å². The number of aliphatic hydroxyl groups excluding tert-OH is 3. The van der Waals surface area contributed by atoms with Crippen molar-refractivity contribution in [1.82, 2.24) is 14.7 Å². The first-order valence-corrected chi connectivity index (χ1v) is 37.5. The van der Waals surface area contributed by atoms with Gasteiger partial charge in [-0.2, -0.15) is 15.8 Å². The monoisotopic (exact) mass is 1580 g/mol. The van der Waals surface area contributed by atoms with Crippen LogP contribution in [-0.4, -0.2) is 205 Å². The topological polar surface area (TPSA) is 249 Å². The number of β-amino-alcohol motifs (C(OH)–C–C–N with tert-alkyl or cyclic N) is 2. The molecule has 106 heavy (non-hydrogen) atoms. The second-order valence-electron chi connectivity index (χ2n) is 28.0. The van der Waals surface area contributed by atoms with Crippen LogP contribution >= 0.6 is 50.7 Å². The van der Waals surface area contributed by atoms with Crippen LogP contribution in [0.5, 0.6) is 17.2 Å². The number of carbonyl (C=O) groups excluding carboxylic acids is 3. The Morgan fingerprint density at radius 2 is 0.783 bits per heavy atom. The molecule has 0 bridgehead atoms. The molecule has 21 nitrogen and oxygen atoms in total. The minimum Gasteiger partial charge on any atom is -0.476 e. The number of benzene rings is 6. The molecule has 28 heteroatoms. The number of nitrogens with one attached hydrogen (secondary N) is 1. The van der Waals surface area contributed by atoms with Gasteiger partial charge in [0.1, 0.15) is 34.7 Å². The standard InChI is InChI=1S/2C26H30ClFN4O3.C24H26ClFN4O2.C2H5BrO/c2*1-30(2)21-14-23-22(13-20(21)27)32(11-12-33)16-24(35-23)25(34)31-9-7-26(17-29,8-10-31)15-18-3-5-19(28)6-4-18;1-29(2)20-12-21-19(11-18(20)25)28-14-22(32-21)23(31)30-9-7-24(15-27,8-10-30)13-16-3-5-17(26)6-4-16;3-1-2-4/h2*3-6,13-14,24,33H,7-12,15-16H2,1-2H3;3-6,11-12,22,28H,7-10,13-14H2,1-2H3;4H,1-2H2. The molecule has 6 aliphatic heterocycles. The maximum atomic E-state index is 13.4. The van der Waals surface area contributed by atoms with Gasteiger partial charge < -0.3 is 74.0 Å². The highest BCUT2D eigenvalue weighted by molar-refractivity contribution is 9.09. The number of nitriles is 3. The summed E-state index contributed by atoms with van der Waals surface area (Å²) in [5, 5.41) is 62.4. The summed E-state index contributed by atoms with van der Waals surface area (Å²) in [6.07, 6.45) is 2.82. The van der Waals surface area contributed by atoms with Gasteiger partial charge in [0.25, 0.3) is 17.7 Å². The lowest BCUT2D eigenvalue weighted by Gasteiger charge is -2.41. The minimum atomic E-state index is -0.725. The van der Waals surface area contributed by atoms with Gasteiger partial charge in [-0.15, -0.1) is 0 Å². The fourth-order valence-electron chi connectivity index (χ4n) is 14.0. The minimum absolute atomic E-state index is 0.0643. The number of halogens is 7. The summed E-state index contributed by atoms with van der Waals surface area (Å²) in [4.78, 5) is 54.8. The van der Waals surface area contributed by atoms with Crippen molar-refractivity contribution >= 4 is 103 Å². The third-order valence-electron chi connectivity index (χ3n) is 20.1. The number of alkyl halides is 1. The Balaban J connectivity index is 0.000000179. The Kier molecular flexibility index (Phi) is 28.3. The predicted molar refractivity (Wildman–Crippen MR) is 410 cm³/mol. The van der Waals surface area contributed by atoms with E-state index < -0.39 is 34.6 Å². The zero-order chi connectivity index (χ0) is 76.6. The molecule has 0 aliphatic carbocycles. The lowest BCUT2D eigenvalue weighted by atomic mass is 9.75. The number of piperidine rings is 3. The number of likely N-dealkylation sites (tertiary alicyclic amines) is 3. The van der Waals surface area contributed by atoms with Crippen LogP contribution in [0.25, 0.3) is 0 Å². The van der Waals surface area contributed by atoms with E-state index in [1.165, 1.54) is 36.4 Å². The normalized spacial score (nSPS) is 18.6. The van der Waals surface area contributed by atoms with Gasteiger partial charge in [0.2, 0.25) is 0 Å². The molecule has 0 saturated carbocycles. The van der Waals surface area contributed by atoms with Gasteiger partial charge in [0, 0.05) is 118 Å². The van der Waals surface area contributed by atoms with E-state index in [0.29, 0.717) is 167 Å². The van der Waals surface area contributed by atoms with Crippen molar-refractivity contribution in [3.8, 4) is 35.5 Å². The molecule has 566 valence electrons. The molecule has 3 fully saturated rings. The number of carbonyl (C=O) groups is 3. The number of hydrogen-bond acceptors (Lipinski definition) is 18. The Morgan fingerprint density at radius 1 is 0.491 bits per heavy atom. The molecule has 3 atom stereocenters. The van der Waals surface area contributed by atoms with Gasteiger partial charge in [0.05, 0.1) is 123 Å². The summed E-state index contributed by atoms with van der Waals surface area (Å²) in [6.45, 7) is 4.56. The first-order chi connectivity index (χ1) is 50.7. The third kappa shape index (κ3) is 20.2.